The summed E-state index contributed by atoms with van der Waals surface area (Å²) in [5.74, 6) is 0.607. The molecule has 1 aromatic carbocycles. The highest BCUT2D eigenvalue weighted by Crippen LogP contribution is 2.18. The van der Waals surface area contributed by atoms with Gasteiger partial charge in [-0.05, 0) is 24.0 Å². The Hall–Kier alpha value is -1.08. The molecule has 0 aliphatic rings. The Morgan fingerprint density at radius 2 is 1.67 bits per heavy atom. The third kappa shape index (κ3) is 3.52. The Balaban J connectivity index is 2.66. The summed E-state index contributed by atoms with van der Waals surface area (Å²) in [6, 6.07) is 9.23. The fourth-order valence-electron chi connectivity index (χ4n) is 1.55. The van der Waals surface area contributed by atoms with Crippen LogP contribution in [-0.4, -0.2) is 6.54 Å². The lowest BCUT2D eigenvalue weighted by Gasteiger charge is -2.14. The van der Waals surface area contributed by atoms with Crippen LogP contribution in [0.5, 0.6) is 0 Å². The molecular formula is C14H21N. The predicted octanol–water partition coefficient (Wildman–Crippen LogP) is 3.65. The van der Waals surface area contributed by atoms with E-state index in [4.69, 9.17) is 0 Å². The van der Waals surface area contributed by atoms with Crippen LogP contribution in [-0.2, 0) is 0 Å². The highest BCUT2D eigenvalue weighted by molar-refractivity contribution is 5.26. The molecule has 1 rings (SSSR count). The molecule has 0 heterocycles. The zero-order valence-corrected chi connectivity index (χ0v) is 9.96. The summed E-state index contributed by atoms with van der Waals surface area (Å²) < 4.78 is 0. The van der Waals surface area contributed by atoms with Crippen LogP contribution in [0.2, 0.25) is 0 Å². The first-order valence-electron chi connectivity index (χ1n) is 5.59. The van der Waals surface area contributed by atoms with Crippen molar-refractivity contribution in [2.75, 3.05) is 6.54 Å². The van der Waals surface area contributed by atoms with Crippen LogP contribution in [0.25, 0.3) is 0 Å². The second kappa shape index (κ2) is 5.72. The van der Waals surface area contributed by atoms with Gasteiger partial charge in [0.05, 0.1) is 0 Å². The Morgan fingerprint density at radius 1 is 1.13 bits per heavy atom. The van der Waals surface area contributed by atoms with Crippen LogP contribution in [0.1, 0.15) is 43.9 Å². The molecule has 1 heteroatoms. The first-order chi connectivity index (χ1) is 7.15. The number of hydrogen-bond donors (Lipinski definition) is 1. The van der Waals surface area contributed by atoms with Crippen molar-refractivity contribution in [2.45, 2.75) is 32.7 Å². The monoisotopic (exact) mass is 203 g/mol. The van der Waals surface area contributed by atoms with Crippen molar-refractivity contribution >= 4 is 0 Å². The van der Waals surface area contributed by atoms with Crippen LogP contribution in [0.15, 0.2) is 36.9 Å². The number of benzene rings is 1. The molecule has 0 spiro atoms. The molecule has 0 radical (unpaired) electrons. The molecule has 1 aromatic rings. The standard InChI is InChI=1S/C14H21N/c1-5-10-15-12(4)14-8-6-13(7-9-14)11(2)3/h5-9,11-12,15H,1,10H2,2-4H3. The lowest BCUT2D eigenvalue weighted by Crippen LogP contribution is -2.18. The molecule has 0 amide bonds. The van der Waals surface area contributed by atoms with Crippen molar-refractivity contribution in [3.8, 4) is 0 Å². The zero-order valence-electron chi connectivity index (χ0n) is 9.96. The van der Waals surface area contributed by atoms with Gasteiger partial charge >= 0.3 is 0 Å². The largest absolute Gasteiger partial charge is 0.307 e. The van der Waals surface area contributed by atoms with Crippen molar-refractivity contribution in [1.82, 2.24) is 5.32 Å². The van der Waals surface area contributed by atoms with E-state index >= 15 is 0 Å². The first-order valence-corrected chi connectivity index (χ1v) is 5.59. The number of nitrogens with one attached hydrogen (secondary N) is 1. The maximum Gasteiger partial charge on any atom is 0.0294 e. The summed E-state index contributed by atoms with van der Waals surface area (Å²) >= 11 is 0. The molecule has 0 fully saturated rings. The van der Waals surface area contributed by atoms with Gasteiger partial charge in [-0.3, -0.25) is 0 Å². The summed E-state index contributed by atoms with van der Waals surface area (Å²) in [6.45, 7) is 11.2. The molecule has 0 saturated carbocycles. The molecule has 1 N–H and O–H groups in total. The Labute approximate surface area is 93.2 Å². The minimum Gasteiger partial charge on any atom is -0.307 e. The lowest BCUT2D eigenvalue weighted by molar-refractivity contribution is 0.617. The SMILES string of the molecule is C=CCNC(C)c1ccc(C(C)C)cc1. The predicted molar refractivity (Wildman–Crippen MR) is 67.1 cm³/mol. The van der Waals surface area contributed by atoms with E-state index in [2.05, 4.69) is 56.9 Å². The second-order valence-electron chi connectivity index (χ2n) is 4.24. The molecule has 1 unspecified atom stereocenters. The van der Waals surface area contributed by atoms with E-state index in [1.165, 1.54) is 11.1 Å². The van der Waals surface area contributed by atoms with E-state index in [0.29, 0.717) is 12.0 Å². The number of rotatable bonds is 5. The summed E-state index contributed by atoms with van der Waals surface area (Å²) in [4.78, 5) is 0. The minimum atomic E-state index is 0.393. The van der Waals surface area contributed by atoms with E-state index in [0.717, 1.165) is 6.54 Å². The highest BCUT2D eigenvalue weighted by atomic mass is 14.9. The average Bonchev–Trinajstić information content (AvgIpc) is 2.26. The summed E-state index contributed by atoms with van der Waals surface area (Å²) in [5, 5.41) is 3.38. The van der Waals surface area contributed by atoms with Crippen molar-refractivity contribution in [1.29, 1.82) is 0 Å². The van der Waals surface area contributed by atoms with Crippen molar-refractivity contribution in [3.05, 3.63) is 48.0 Å². The Kier molecular flexibility index (Phi) is 4.57. The second-order valence-corrected chi connectivity index (χ2v) is 4.24. The molecular weight excluding hydrogens is 182 g/mol. The van der Waals surface area contributed by atoms with Crippen molar-refractivity contribution < 1.29 is 0 Å². The Morgan fingerprint density at radius 3 is 2.13 bits per heavy atom. The maximum absolute atomic E-state index is 3.70. The quantitative estimate of drug-likeness (QED) is 0.720. The van der Waals surface area contributed by atoms with E-state index in [9.17, 15) is 0 Å². The van der Waals surface area contributed by atoms with Crippen LogP contribution >= 0.6 is 0 Å². The normalized spacial score (nSPS) is 12.8. The van der Waals surface area contributed by atoms with Gasteiger partial charge in [0.15, 0.2) is 0 Å². The topological polar surface area (TPSA) is 12.0 Å². The van der Waals surface area contributed by atoms with Gasteiger partial charge < -0.3 is 5.32 Å². The average molecular weight is 203 g/mol. The molecule has 0 bridgehead atoms. The fraction of sp³-hybridized carbons (Fsp3) is 0.429. The summed E-state index contributed by atoms with van der Waals surface area (Å²) in [5.41, 5.74) is 2.73. The summed E-state index contributed by atoms with van der Waals surface area (Å²) in [7, 11) is 0. The third-order valence-electron chi connectivity index (χ3n) is 2.67. The lowest BCUT2D eigenvalue weighted by atomic mass is 10.00. The van der Waals surface area contributed by atoms with Crippen LogP contribution < -0.4 is 5.32 Å². The Bertz CT molecular complexity index is 298. The van der Waals surface area contributed by atoms with E-state index in [1.54, 1.807) is 0 Å². The third-order valence-corrected chi connectivity index (χ3v) is 2.67. The molecule has 0 aromatic heterocycles. The maximum atomic E-state index is 3.70. The van der Waals surface area contributed by atoms with E-state index in [-0.39, 0.29) is 0 Å². The van der Waals surface area contributed by atoms with E-state index in [1.807, 2.05) is 6.08 Å². The van der Waals surface area contributed by atoms with Gasteiger partial charge in [0, 0.05) is 12.6 Å². The molecule has 1 nitrogen and oxygen atoms in total. The van der Waals surface area contributed by atoms with Crippen molar-refractivity contribution in [2.24, 2.45) is 0 Å². The highest BCUT2D eigenvalue weighted by Gasteiger charge is 2.04. The van der Waals surface area contributed by atoms with Crippen LogP contribution in [0.4, 0.5) is 0 Å². The zero-order chi connectivity index (χ0) is 11.3. The van der Waals surface area contributed by atoms with Gasteiger partial charge in [-0.2, -0.15) is 0 Å². The molecule has 0 saturated heterocycles. The number of hydrogen-bond acceptors (Lipinski definition) is 1. The van der Waals surface area contributed by atoms with Gasteiger partial charge in [-0.25, -0.2) is 0 Å². The molecule has 15 heavy (non-hydrogen) atoms. The fourth-order valence-corrected chi connectivity index (χ4v) is 1.55. The van der Waals surface area contributed by atoms with Crippen LogP contribution in [0.3, 0.4) is 0 Å². The van der Waals surface area contributed by atoms with Gasteiger partial charge in [0.25, 0.3) is 0 Å². The van der Waals surface area contributed by atoms with E-state index < -0.39 is 0 Å². The van der Waals surface area contributed by atoms with Crippen LogP contribution in [0, 0.1) is 0 Å². The van der Waals surface area contributed by atoms with Gasteiger partial charge in [-0.15, -0.1) is 6.58 Å². The summed E-state index contributed by atoms with van der Waals surface area (Å²) in [6.07, 6.45) is 1.89. The first kappa shape index (κ1) is 12.0. The minimum absolute atomic E-state index is 0.393. The van der Waals surface area contributed by atoms with Gasteiger partial charge in [0.2, 0.25) is 0 Å². The van der Waals surface area contributed by atoms with Gasteiger partial charge in [-0.1, -0.05) is 44.2 Å². The molecule has 0 aliphatic carbocycles. The molecule has 0 aliphatic heterocycles. The van der Waals surface area contributed by atoms with Gasteiger partial charge in [0.1, 0.15) is 0 Å². The van der Waals surface area contributed by atoms with Crippen molar-refractivity contribution in [3.63, 3.8) is 0 Å². The smallest absolute Gasteiger partial charge is 0.0294 e. The molecule has 82 valence electrons. The molecule has 1 atom stereocenters.